The molecule has 4 aromatic carbocycles. The van der Waals surface area contributed by atoms with Gasteiger partial charge in [0.15, 0.2) is 11.0 Å². The maximum absolute atomic E-state index is 14.1. The van der Waals surface area contributed by atoms with Crippen molar-refractivity contribution in [2.45, 2.75) is 38.5 Å². The summed E-state index contributed by atoms with van der Waals surface area (Å²) < 4.78 is 108. The van der Waals surface area contributed by atoms with E-state index in [1.165, 1.54) is 34.8 Å². The van der Waals surface area contributed by atoms with Crippen LogP contribution in [0.25, 0.3) is 45.4 Å². The van der Waals surface area contributed by atoms with Crippen molar-refractivity contribution in [3.05, 3.63) is 136 Å². The predicted octanol–water partition coefficient (Wildman–Crippen LogP) is 8.29. The fourth-order valence-electron chi connectivity index (χ4n) is 6.40. The summed E-state index contributed by atoms with van der Waals surface area (Å²) in [5, 5.41) is 25.1. The first-order valence-corrected chi connectivity index (χ1v) is 21.7. The lowest BCUT2D eigenvalue weighted by Crippen LogP contribution is -2.40. The molecule has 0 aliphatic heterocycles. The lowest BCUT2D eigenvalue weighted by Gasteiger charge is -2.21. The van der Waals surface area contributed by atoms with Gasteiger partial charge in [0, 0.05) is 30.7 Å². The number of fused-ring (bicyclic) bond motifs is 2. The largest absolute Gasteiger partial charge is 0.542 e. The first-order chi connectivity index (χ1) is 33.1. The number of carboxylic acids is 2. The smallest absolute Gasteiger partial charge is 0.490 e. The maximum Gasteiger partial charge on any atom is 0.490 e. The molecule has 8 aromatic rings. The van der Waals surface area contributed by atoms with Crippen LogP contribution in [0, 0.1) is 0 Å². The molecule has 0 saturated heterocycles. The Kier molecular flexibility index (Phi) is 15.8. The summed E-state index contributed by atoms with van der Waals surface area (Å²) in [6.07, 6.45) is -14.8. The number of carbonyl (C=O) groups is 4. The van der Waals surface area contributed by atoms with Crippen LogP contribution >= 0.6 is 22.7 Å². The van der Waals surface area contributed by atoms with Crippen LogP contribution in [0.15, 0.2) is 119 Å². The lowest BCUT2D eigenvalue weighted by molar-refractivity contribution is -0.559. The highest BCUT2D eigenvalue weighted by molar-refractivity contribution is 7.08. The number of benzene rings is 4. The first kappa shape index (κ1) is 51.3. The van der Waals surface area contributed by atoms with E-state index < -0.39 is 42.1 Å². The highest BCUT2D eigenvalue weighted by atomic mass is 32.1. The monoisotopic (exact) mass is 1020 g/mol. The summed E-state index contributed by atoms with van der Waals surface area (Å²) in [4.78, 5) is 60.9. The number of para-hydroxylation sites is 2. The van der Waals surface area contributed by atoms with Crippen molar-refractivity contribution >= 4 is 74.4 Å². The van der Waals surface area contributed by atoms with Crippen LogP contribution in [0.2, 0.25) is 0 Å². The maximum atomic E-state index is 14.1. The Hall–Kier alpha value is -8.07. The number of nitrogens with one attached hydrogen (secondary N) is 3. The van der Waals surface area contributed by atoms with Crippen molar-refractivity contribution in [3.8, 4) is 23.3 Å². The van der Waals surface area contributed by atoms with E-state index in [1.54, 1.807) is 38.8 Å². The molecule has 0 radical (unpaired) electrons. The number of nitrogens with zero attached hydrogens (tertiary/aromatic N) is 7. The fraction of sp³-hybridized carbons (Fsp3) is 0.163. The Morgan fingerprint density at radius 3 is 2.03 bits per heavy atom. The number of amides is 4. The molecule has 0 bridgehead atoms. The summed E-state index contributed by atoms with van der Waals surface area (Å²) in [5.41, 5.74) is 10.1. The molecule has 8 rings (SSSR count). The highest BCUT2D eigenvalue weighted by Crippen LogP contribution is 2.33. The first-order valence-electron chi connectivity index (χ1n) is 19.8. The van der Waals surface area contributed by atoms with Crippen LogP contribution in [0.4, 0.5) is 54.8 Å². The van der Waals surface area contributed by atoms with Crippen molar-refractivity contribution in [2.75, 3.05) is 17.3 Å². The molecule has 0 aliphatic rings. The van der Waals surface area contributed by atoms with Crippen LogP contribution in [0.1, 0.15) is 23.6 Å². The van der Waals surface area contributed by atoms with E-state index >= 15 is 0 Å². The molecular weight excluding hydrogens is 988 g/mol. The van der Waals surface area contributed by atoms with E-state index in [4.69, 9.17) is 24.8 Å². The van der Waals surface area contributed by atoms with Gasteiger partial charge in [0.1, 0.15) is 17.3 Å². The standard InChI is InChI=1S/C39H31F3N10O2S2.2C2HF3O2/c1-2-49(20-25-9-4-3-5-10-25)38(54)48-52-32-14-7-6-13-31(32)51(34-22-56-24-45-34)36(52)35-47-29-18-28(15-16-30(29)50(35)33-21-55-23-44-33)46-37(53)43-19-26-11-8-12-27(17-26)39(40,41)42;2*3-2(4,5)1(6)7/h3-18,21-24H,2,19-20H2,1H3,(H2-,43,46,47,48,53,54);2*(H,6,7). The summed E-state index contributed by atoms with van der Waals surface area (Å²) in [7, 11) is 0. The van der Waals surface area contributed by atoms with Crippen molar-refractivity contribution in [1.29, 1.82) is 0 Å². The van der Waals surface area contributed by atoms with Gasteiger partial charge in [-0.25, -0.2) is 24.4 Å². The Morgan fingerprint density at radius 2 is 1.43 bits per heavy atom. The summed E-state index contributed by atoms with van der Waals surface area (Å²) in [5.74, 6) is -3.66. The van der Waals surface area contributed by atoms with Gasteiger partial charge in [0.2, 0.25) is 5.82 Å². The van der Waals surface area contributed by atoms with Gasteiger partial charge in [-0.2, -0.15) is 49.5 Å². The Balaban J connectivity index is 0.000000503. The lowest BCUT2D eigenvalue weighted by atomic mass is 10.1. The van der Waals surface area contributed by atoms with Gasteiger partial charge in [-0.05, 0) is 60.5 Å². The Morgan fingerprint density at radius 1 is 0.786 bits per heavy atom. The second kappa shape index (κ2) is 21.5. The van der Waals surface area contributed by atoms with Gasteiger partial charge in [-0.15, -0.1) is 27.3 Å². The van der Waals surface area contributed by atoms with Gasteiger partial charge >= 0.3 is 42.4 Å². The second-order valence-electron chi connectivity index (χ2n) is 14.2. The van der Waals surface area contributed by atoms with Crippen LogP contribution in [-0.2, 0) is 28.9 Å². The van der Waals surface area contributed by atoms with Gasteiger partial charge in [0.05, 0.1) is 27.5 Å². The van der Waals surface area contributed by atoms with Crippen LogP contribution < -0.4 is 25.7 Å². The number of imidazole rings is 2. The number of alkyl halides is 9. The van der Waals surface area contributed by atoms with Crippen molar-refractivity contribution in [1.82, 2.24) is 34.4 Å². The third-order valence-corrected chi connectivity index (χ3v) is 10.6. The van der Waals surface area contributed by atoms with Gasteiger partial charge in [-0.3, -0.25) is 4.57 Å². The summed E-state index contributed by atoms with van der Waals surface area (Å²) in [6.45, 7) is 2.65. The molecule has 0 aliphatic carbocycles. The number of anilines is 1. The van der Waals surface area contributed by atoms with Crippen LogP contribution in [0.3, 0.4) is 0 Å². The number of urea groups is 2. The van der Waals surface area contributed by atoms with E-state index in [0.29, 0.717) is 64.2 Å². The minimum absolute atomic E-state index is 0.117. The molecular formula is C43H33F9N10O6S2. The van der Waals surface area contributed by atoms with Gasteiger partial charge in [-0.1, -0.05) is 59.6 Å². The summed E-state index contributed by atoms with van der Waals surface area (Å²) >= 11 is 2.84. The number of carboxylic acid groups (broad SMARTS) is 2. The van der Waals surface area contributed by atoms with E-state index in [2.05, 4.69) is 26.0 Å². The summed E-state index contributed by atoms with van der Waals surface area (Å²) in [6, 6.07) is 26.5. The molecule has 4 aromatic heterocycles. The number of thiazole rings is 2. The van der Waals surface area contributed by atoms with Crippen molar-refractivity contribution in [2.24, 2.45) is 0 Å². The molecule has 0 atom stereocenters. The SMILES string of the molecule is CCN(Cc1ccccc1)C(=O)Nn1c(-c2nc3cc(NC(=O)NCc4cccc(C(F)(F)F)c4)ccc3n2-c2cscn2)[n+](-c2cscn2)c2ccccc21.O=C(O)C(F)(F)F.O=C([O-])C(F)(F)F. The van der Waals surface area contributed by atoms with Crippen LogP contribution in [-0.4, -0.2) is 77.1 Å². The molecule has 70 heavy (non-hydrogen) atoms. The third-order valence-electron chi connectivity index (χ3n) is 9.47. The highest BCUT2D eigenvalue weighted by Gasteiger charge is 2.38. The Bertz CT molecular complexity index is 3080. The number of aromatic nitrogens is 6. The molecule has 0 unspecified atom stereocenters. The molecule has 16 nitrogen and oxygen atoms in total. The third kappa shape index (κ3) is 12.5. The quantitative estimate of drug-likeness (QED) is 0.0768. The molecule has 4 heterocycles. The molecule has 4 amide bonds. The zero-order valence-electron chi connectivity index (χ0n) is 35.5. The molecule has 0 spiro atoms. The molecule has 366 valence electrons. The zero-order chi connectivity index (χ0) is 51.0. The molecule has 4 N–H and O–H groups in total. The number of halogens is 9. The number of carbonyl (C=O) groups excluding carboxylic acids is 3. The topological polar surface area (TPSA) is 203 Å². The minimum Gasteiger partial charge on any atom is -0.542 e. The Labute approximate surface area is 395 Å². The van der Waals surface area contributed by atoms with Gasteiger partial charge in [0.25, 0.3) is 5.82 Å². The van der Waals surface area contributed by atoms with E-state index in [-0.39, 0.29) is 12.6 Å². The van der Waals surface area contributed by atoms with Gasteiger partial charge < -0.3 is 30.5 Å². The van der Waals surface area contributed by atoms with Crippen molar-refractivity contribution in [3.63, 3.8) is 0 Å². The van der Waals surface area contributed by atoms with E-state index in [0.717, 1.165) is 23.2 Å². The van der Waals surface area contributed by atoms with Crippen LogP contribution in [0.5, 0.6) is 0 Å². The normalized spacial score (nSPS) is 11.5. The predicted molar refractivity (Wildman–Crippen MR) is 234 cm³/mol. The van der Waals surface area contributed by atoms with Crippen molar-refractivity contribution < 1.29 is 73.5 Å². The number of hydrogen-bond donors (Lipinski definition) is 4. The second-order valence-corrected chi connectivity index (χ2v) is 15.6. The number of hydrogen-bond acceptors (Lipinski definition) is 10. The van der Waals surface area contributed by atoms with E-state index in [1.807, 2.05) is 81.4 Å². The molecule has 0 fully saturated rings. The fourth-order valence-corrected chi connectivity index (χ4v) is 7.44. The molecule has 27 heteroatoms. The zero-order valence-corrected chi connectivity index (χ0v) is 37.1. The van der Waals surface area contributed by atoms with E-state index in [9.17, 15) is 49.1 Å². The average molecular weight is 1020 g/mol. The number of aliphatic carboxylic acids is 2. The minimum atomic E-state index is -5.19. The average Bonchev–Trinajstić information content (AvgIpc) is 4.14. The molecule has 0 saturated carbocycles. The number of rotatable bonds is 10.